The molecule has 0 N–H and O–H groups in total. The van der Waals surface area contributed by atoms with E-state index in [-0.39, 0.29) is 24.1 Å². The van der Waals surface area contributed by atoms with Crippen LogP contribution < -0.4 is 0 Å². The maximum Gasteiger partial charge on any atom is 0.337 e. The molecule has 0 bridgehead atoms. The van der Waals surface area contributed by atoms with Crippen molar-refractivity contribution in [3.05, 3.63) is 70.8 Å². The molecule has 1 aliphatic rings. The molecule has 0 spiro atoms. The highest BCUT2D eigenvalue weighted by molar-refractivity contribution is 5.90. The van der Waals surface area contributed by atoms with Crippen LogP contribution >= 0.6 is 0 Å². The third-order valence-corrected chi connectivity index (χ3v) is 3.76. The Morgan fingerprint density at radius 2 is 1.26 bits per heavy atom. The lowest BCUT2D eigenvalue weighted by atomic mass is 10.0. The van der Waals surface area contributed by atoms with Gasteiger partial charge in [0.25, 0.3) is 0 Å². The molecule has 1 saturated heterocycles. The number of ether oxygens (including phenoxy) is 3. The van der Waals surface area contributed by atoms with E-state index >= 15 is 0 Å². The van der Waals surface area contributed by atoms with Gasteiger partial charge >= 0.3 is 11.9 Å². The van der Waals surface area contributed by atoms with Crippen LogP contribution in [0.15, 0.2) is 48.5 Å². The number of epoxide rings is 1. The average molecular weight is 312 g/mol. The minimum absolute atomic E-state index is 0.132. The van der Waals surface area contributed by atoms with Crippen LogP contribution in [-0.2, 0) is 14.2 Å². The summed E-state index contributed by atoms with van der Waals surface area (Å²) in [6.45, 7) is 0. The molecule has 2 atom stereocenters. The van der Waals surface area contributed by atoms with Gasteiger partial charge in [-0.1, -0.05) is 24.3 Å². The molecule has 2 aromatic rings. The smallest absolute Gasteiger partial charge is 0.337 e. The molecule has 5 nitrogen and oxygen atoms in total. The monoisotopic (exact) mass is 312 g/mol. The number of carbonyl (C=O) groups is 2. The summed E-state index contributed by atoms with van der Waals surface area (Å²) in [5.74, 6) is -0.756. The van der Waals surface area contributed by atoms with E-state index in [0.29, 0.717) is 11.1 Å². The van der Waals surface area contributed by atoms with Crippen molar-refractivity contribution in [2.75, 3.05) is 14.2 Å². The fourth-order valence-corrected chi connectivity index (χ4v) is 2.54. The first-order chi connectivity index (χ1) is 11.1. The fourth-order valence-electron chi connectivity index (χ4n) is 2.54. The Hall–Kier alpha value is -2.66. The predicted molar refractivity (Wildman–Crippen MR) is 82.1 cm³/mol. The van der Waals surface area contributed by atoms with Crippen LogP contribution in [0.25, 0.3) is 0 Å². The van der Waals surface area contributed by atoms with Crippen LogP contribution in [0.1, 0.15) is 44.1 Å². The highest BCUT2D eigenvalue weighted by Gasteiger charge is 2.41. The third-order valence-electron chi connectivity index (χ3n) is 3.76. The van der Waals surface area contributed by atoms with Crippen molar-refractivity contribution in [1.29, 1.82) is 0 Å². The van der Waals surface area contributed by atoms with E-state index in [9.17, 15) is 9.59 Å². The second-order valence-corrected chi connectivity index (χ2v) is 5.21. The van der Waals surface area contributed by atoms with E-state index in [0.717, 1.165) is 11.1 Å². The molecule has 0 aliphatic carbocycles. The number of hydrogen-bond acceptors (Lipinski definition) is 5. The summed E-state index contributed by atoms with van der Waals surface area (Å²) < 4.78 is 15.2. The van der Waals surface area contributed by atoms with Crippen molar-refractivity contribution in [3.8, 4) is 0 Å². The maximum absolute atomic E-state index is 11.6. The fraction of sp³-hybridized carbons (Fsp3) is 0.222. The van der Waals surface area contributed by atoms with Crippen molar-refractivity contribution < 1.29 is 23.8 Å². The predicted octanol–water partition coefficient (Wildman–Crippen LogP) is 3.07. The van der Waals surface area contributed by atoms with Crippen molar-refractivity contribution >= 4 is 11.9 Å². The van der Waals surface area contributed by atoms with Crippen molar-refractivity contribution in [1.82, 2.24) is 0 Å². The van der Waals surface area contributed by atoms with Crippen LogP contribution in [0.5, 0.6) is 0 Å². The van der Waals surface area contributed by atoms with Gasteiger partial charge in [-0.2, -0.15) is 0 Å². The summed E-state index contributed by atoms with van der Waals surface area (Å²) >= 11 is 0. The van der Waals surface area contributed by atoms with Crippen LogP contribution in [0, 0.1) is 0 Å². The largest absolute Gasteiger partial charge is 0.465 e. The van der Waals surface area contributed by atoms with Gasteiger partial charge in [-0.25, -0.2) is 9.59 Å². The zero-order valence-corrected chi connectivity index (χ0v) is 12.8. The lowest BCUT2D eigenvalue weighted by Crippen LogP contribution is -2.02. The Morgan fingerprint density at radius 3 is 1.65 bits per heavy atom. The second-order valence-electron chi connectivity index (χ2n) is 5.21. The first-order valence-electron chi connectivity index (χ1n) is 7.16. The zero-order chi connectivity index (χ0) is 16.4. The van der Waals surface area contributed by atoms with Crippen LogP contribution in [0.4, 0.5) is 0 Å². The Kier molecular flexibility index (Phi) is 4.12. The molecule has 0 aromatic heterocycles. The molecule has 0 amide bonds. The number of esters is 2. The molecule has 118 valence electrons. The van der Waals surface area contributed by atoms with Gasteiger partial charge in [-0.05, 0) is 35.4 Å². The minimum Gasteiger partial charge on any atom is -0.465 e. The Bertz CT molecular complexity index is 689. The van der Waals surface area contributed by atoms with Gasteiger partial charge in [-0.15, -0.1) is 0 Å². The summed E-state index contributed by atoms with van der Waals surface area (Å²) in [6.07, 6.45) is -0.264. The number of hydrogen-bond donors (Lipinski definition) is 0. The summed E-state index contributed by atoms with van der Waals surface area (Å²) in [4.78, 5) is 23.2. The Labute approximate surface area is 133 Å². The molecular weight excluding hydrogens is 296 g/mol. The first kappa shape index (κ1) is 15.2. The van der Waals surface area contributed by atoms with Crippen LogP contribution in [0.3, 0.4) is 0 Å². The molecule has 3 rings (SSSR count). The summed E-state index contributed by atoms with van der Waals surface area (Å²) in [7, 11) is 2.70. The molecule has 5 heteroatoms. The van der Waals surface area contributed by atoms with Gasteiger partial charge in [0.15, 0.2) is 0 Å². The maximum atomic E-state index is 11.6. The van der Waals surface area contributed by atoms with E-state index in [1.165, 1.54) is 14.2 Å². The van der Waals surface area contributed by atoms with E-state index in [1.807, 2.05) is 12.1 Å². The molecule has 2 aromatic carbocycles. The zero-order valence-electron chi connectivity index (χ0n) is 12.8. The minimum atomic E-state index is -0.378. The topological polar surface area (TPSA) is 65.1 Å². The highest BCUT2D eigenvalue weighted by atomic mass is 16.6. The second kappa shape index (κ2) is 6.22. The van der Waals surface area contributed by atoms with Gasteiger partial charge in [0.05, 0.1) is 25.3 Å². The van der Waals surface area contributed by atoms with E-state index in [1.54, 1.807) is 36.4 Å². The van der Waals surface area contributed by atoms with Gasteiger partial charge < -0.3 is 14.2 Å². The Balaban J connectivity index is 1.80. The lowest BCUT2D eigenvalue weighted by molar-refractivity contribution is 0.0591. The first-order valence-corrected chi connectivity index (χ1v) is 7.16. The molecule has 0 saturated carbocycles. The van der Waals surface area contributed by atoms with Gasteiger partial charge in [0, 0.05) is 0 Å². The standard InChI is InChI=1S/C18H16O5/c1-21-17(19)13-7-3-5-11(9-13)15-16(23-15)12-6-4-8-14(10-12)18(20)22-2/h3-10,15-16H,1-2H3/t15-,16-/m0/s1. The summed E-state index contributed by atoms with van der Waals surface area (Å²) in [5.41, 5.74) is 2.79. The SMILES string of the molecule is COC(=O)c1cccc([C@@H]2O[C@H]2c2cccc(C(=O)OC)c2)c1. The normalized spacial score (nSPS) is 19.0. The number of methoxy groups -OCH3 is 2. The molecular formula is C18H16O5. The van der Waals surface area contributed by atoms with Crippen LogP contribution in [-0.4, -0.2) is 26.2 Å². The van der Waals surface area contributed by atoms with Crippen molar-refractivity contribution in [2.45, 2.75) is 12.2 Å². The third kappa shape index (κ3) is 3.10. The summed E-state index contributed by atoms with van der Waals surface area (Å²) in [6, 6.07) is 14.3. The average Bonchev–Trinajstić information content (AvgIpc) is 3.41. The van der Waals surface area contributed by atoms with Gasteiger partial charge in [-0.3, -0.25) is 0 Å². The molecule has 1 aliphatic heterocycles. The van der Waals surface area contributed by atoms with Gasteiger partial charge in [0.2, 0.25) is 0 Å². The van der Waals surface area contributed by atoms with E-state index in [2.05, 4.69) is 0 Å². The van der Waals surface area contributed by atoms with E-state index in [4.69, 9.17) is 14.2 Å². The van der Waals surface area contributed by atoms with Crippen molar-refractivity contribution in [2.24, 2.45) is 0 Å². The quantitative estimate of drug-likeness (QED) is 0.641. The number of benzene rings is 2. The molecule has 0 radical (unpaired) electrons. The number of rotatable bonds is 4. The molecule has 0 unspecified atom stereocenters. The molecule has 1 fully saturated rings. The van der Waals surface area contributed by atoms with Crippen molar-refractivity contribution in [3.63, 3.8) is 0 Å². The molecule has 23 heavy (non-hydrogen) atoms. The number of carbonyl (C=O) groups excluding carboxylic acids is 2. The highest BCUT2D eigenvalue weighted by Crippen LogP contribution is 2.51. The van der Waals surface area contributed by atoms with Crippen LogP contribution in [0.2, 0.25) is 0 Å². The van der Waals surface area contributed by atoms with Gasteiger partial charge in [0.1, 0.15) is 12.2 Å². The van der Waals surface area contributed by atoms with E-state index < -0.39 is 0 Å². The Morgan fingerprint density at radius 1 is 0.826 bits per heavy atom. The summed E-state index contributed by atoms with van der Waals surface area (Å²) in [5, 5.41) is 0. The lowest BCUT2D eigenvalue weighted by Gasteiger charge is -2.03. The molecule has 1 heterocycles.